The van der Waals surface area contributed by atoms with Crippen LogP contribution < -0.4 is 4.74 Å². The second-order valence-electron chi connectivity index (χ2n) is 1.83. The lowest BCUT2D eigenvalue weighted by atomic mass is 10.3. The highest BCUT2D eigenvalue weighted by Crippen LogP contribution is 2.16. The van der Waals surface area contributed by atoms with E-state index in [4.69, 9.17) is 4.74 Å². The molecule has 0 saturated heterocycles. The summed E-state index contributed by atoms with van der Waals surface area (Å²) < 4.78 is 5.95. The molecule has 0 amide bonds. The molecule has 0 bridgehead atoms. The van der Waals surface area contributed by atoms with Crippen molar-refractivity contribution in [3.63, 3.8) is 0 Å². The van der Waals surface area contributed by atoms with Crippen LogP contribution in [0.25, 0.3) is 0 Å². The van der Waals surface area contributed by atoms with Gasteiger partial charge in [-0.25, -0.2) is 0 Å². The Balaban J connectivity index is 2.65. The van der Waals surface area contributed by atoms with Gasteiger partial charge in [0.1, 0.15) is 5.75 Å². The molecular weight excluding hydrogens is 272 g/mol. The monoisotopic (exact) mass is 276 g/mol. The number of benzene rings is 1. The van der Waals surface area contributed by atoms with E-state index in [0.29, 0.717) is 4.67 Å². The van der Waals surface area contributed by atoms with E-state index in [2.05, 4.69) is 31.9 Å². The summed E-state index contributed by atoms with van der Waals surface area (Å²) in [5.74, 6) is 0.815. The molecule has 0 aromatic heterocycles. The second kappa shape index (κ2) is 4.57. The van der Waals surface area contributed by atoms with Crippen molar-refractivity contribution in [3.05, 3.63) is 40.0 Å². The normalized spacial score (nSPS) is 11.3. The molecule has 1 aromatic rings. The predicted molar refractivity (Wildman–Crippen MR) is 53.0 cm³/mol. The maximum atomic E-state index is 5.29. The Hall–Kier alpha value is -0.280. The molecule has 0 N–H and O–H groups in total. The summed E-state index contributed by atoms with van der Waals surface area (Å²) in [5, 5.41) is 0. The zero-order chi connectivity index (χ0) is 8.10. The molecule has 11 heavy (non-hydrogen) atoms. The minimum atomic E-state index is 0.656. The third-order valence-electron chi connectivity index (χ3n) is 1.04. The highest BCUT2D eigenvalue weighted by atomic mass is 79.9. The molecule has 0 aliphatic carbocycles. The van der Waals surface area contributed by atoms with Crippen molar-refractivity contribution in [2.75, 3.05) is 0 Å². The molecule has 0 heterocycles. The van der Waals surface area contributed by atoms with E-state index >= 15 is 0 Å². The summed E-state index contributed by atoms with van der Waals surface area (Å²) in [5.41, 5.74) is 0. The molecule has 0 spiro atoms. The third-order valence-corrected chi connectivity index (χ3v) is 2.47. The smallest absolute Gasteiger partial charge is 0.176 e. The zero-order valence-electron chi connectivity index (χ0n) is 5.63. The maximum Gasteiger partial charge on any atom is 0.176 e. The van der Waals surface area contributed by atoms with E-state index < -0.39 is 0 Å². The van der Waals surface area contributed by atoms with Gasteiger partial charge < -0.3 is 4.74 Å². The summed E-state index contributed by atoms with van der Waals surface area (Å²) in [4.78, 5) is 1.67. The average molecular weight is 278 g/mol. The van der Waals surface area contributed by atoms with Crippen LogP contribution in [0.3, 0.4) is 0 Å². The van der Waals surface area contributed by atoms with Crippen LogP contribution in [-0.4, -0.2) is 0 Å². The standard InChI is InChI=1S/C8H6Br2O/c9-6-8(10)11-7-4-2-1-3-5-7/h1-6H/b8-6+. The van der Waals surface area contributed by atoms with Crippen LogP contribution in [0.1, 0.15) is 0 Å². The molecule has 1 aromatic carbocycles. The van der Waals surface area contributed by atoms with Crippen molar-refractivity contribution in [1.29, 1.82) is 0 Å². The Labute approximate surface area is 82.3 Å². The first-order valence-electron chi connectivity index (χ1n) is 3.01. The molecule has 1 nitrogen and oxygen atoms in total. The van der Waals surface area contributed by atoms with Crippen LogP contribution >= 0.6 is 31.9 Å². The van der Waals surface area contributed by atoms with E-state index in [1.807, 2.05) is 30.3 Å². The average Bonchev–Trinajstić information content (AvgIpc) is 2.06. The largest absolute Gasteiger partial charge is 0.449 e. The van der Waals surface area contributed by atoms with Crippen LogP contribution in [0.5, 0.6) is 5.75 Å². The Morgan fingerprint density at radius 1 is 1.27 bits per heavy atom. The predicted octanol–water partition coefficient (Wildman–Crippen LogP) is 3.65. The zero-order valence-corrected chi connectivity index (χ0v) is 8.80. The minimum absolute atomic E-state index is 0.656. The molecular formula is C8H6Br2O. The maximum absolute atomic E-state index is 5.29. The van der Waals surface area contributed by atoms with Crippen molar-refractivity contribution in [2.45, 2.75) is 0 Å². The molecule has 0 aliphatic rings. The number of rotatable bonds is 2. The van der Waals surface area contributed by atoms with Gasteiger partial charge in [-0.05, 0) is 28.1 Å². The molecule has 0 unspecified atom stereocenters. The SMILES string of the molecule is Br/C=C(\Br)Oc1ccccc1. The first-order valence-corrected chi connectivity index (χ1v) is 4.72. The van der Waals surface area contributed by atoms with Gasteiger partial charge in [-0.3, -0.25) is 0 Å². The Bertz CT molecular complexity index is 244. The number of halogens is 2. The summed E-state index contributed by atoms with van der Waals surface area (Å²) in [6.45, 7) is 0. The lowest BCUT2D eigenvalue weighted by Crippen LogP contribution is -1.84. The van der Waals surface area contributed by atoms with Gasteiger partial charge in [0.2, 0.25) is 0 Å². The van der Waals surface area contributed by atoms with Gasteiger partial charge in [0.15, 0.2) is 4.67 Å². The lowest BCUT2D eigenvalue weighted by molar-refractivity contribution is 0.471. The van der Waals surface area contributed by atoms with Gasteiger partial charge in [0.25, 0.3) is 0 Å². The fourth-order valence-electron chi connectivity index (χ4n) is 0.623. The van der Waals surface area contributed by atoms with E-state index in [0.717, 1.165) is 5.75 Å². The Kier molecular flexibility index (Phi) is 3.66. The van der Waals surface area contributed by atoms with Crippen molar-refractivity contribution < 1.29 is 4.74 Å². The topological polar surface area (TPSA) is 9.23 Å². The first kappa shape index (κ1) is 8.81. The van der Waals surface area contributed by atoms with Gasteiger partial charge >= 0.3 is 0 Å². The quantitative estimate of drug-likeness (QED) is 0.750. The van der Waals surface area contributed by atoms with Crippen molar-refractivity contribution >= 4 is 31.9 Å². The Morgan fingerprint density at radius 2 is 1.91 bits per heavy atom. The van der Waals surface area contributed by atoms with Gasteiger partial charge in [0, 0.05) is 4.99 Å². The number of hydrogen-bond donors (Lipinski definition) is 0. The molecule has 0 atom stereocenters. The van der Waals surface area contributed by atoms with Crippen LogP contribution in [-0.2, 0) is 0 Å². The summed E-state index contributed by atoms with van der Waals surface area (Å²) in [7, 11) is 0. The molecule has 0 fully saturated rings. The molecule has 3 heteroatoms. The molecule has 0 saturated carbocycles. The van der Waals surface area contributed by atoms with Gasteiger partial charge in [-0.2, -0.15) is 0 Å². The van der Waals surface area contributed by atoms with Gasteiger partial charge in [-0.1, -0.05) is 34.1 Å². The van der Waals surface area contributed by atoms with Crippen LogP contribution in [0, 0.1) is 0 Å². The molecule has 58 valence electrons. The van der Waals surface area contributed by atoms with Gasteiger partial charge in [-0.15, -0.1) is 0 Å². The highest BCUT2D eigenvalue weighted by molar-refractivity contribution is 9.13. The van der Waals surface area contributed by atoms with E-state index in [1.54, 1.807) is 4.99 Å². The van der Waals surface area contributed by atoms with E-state index in [9.17, 15) is 0 Å². The van der Waals surface area contributed by atoms with Crippen molar-refractivity contribution in [1.82, 2.24) is 0 Å². The van der Waals surface area contributed by atoms with Crippen LogP contribution in [0.2, 0.25) is 0 Å². The number of hydrogen-bond acceptors (Lipinski definition) is 1. The minimum Gasteiger partial charge on any atom is -0.449 e. The van der Waals surface area contributed by atoms with Crippen LogP contribution in [0.4, 0.5) is 0 Å². The highest BCUT2D eigenvalue weighted by Gasteiger charge is 1.92. The Morgan fingerprint density at radius 3 is 2.45 bits per heavy atom. The van der Waals surface area contributed by atoms with Gasteiger partial charge in [0.05, 0.1) is 0 Å². The first-order chi connectivity index (χ1) is 5.33. The van der Waals surface area contributed by atoms with E-state index in [1.165, 1.54) is 0 Å². The number of para-hydroxylation sites is 1. The van der Waals surface area contributed by atoms with Crippen molar-refractivity contribution in [3.8, 4) is 5.75 Å². The summed E-state index contributed by atoms with van der Waals surface area (Å²) in [6.07, 6.45) is 0. The van der Waals surface area contributed by atoms with Crippen LogP contribution in [0.15, 0.2) is 40.0 Å². The fraction of sp³-hybridized carbons (Fsp3) is 0. The fourth-order valence-corrected chi connectivity index (χ4v) is 0.904. The summed E-state index contributed by atoms with van der Waals surface area (Å²) in [6, 6.07) is 9.56. The third kappa shape index (κ3) is 3.08. The van der Waals surface area contributed by atoms with Crippen molar-refractivity contribution in [2.24, 2.45) is 0 Å². The second-order valence-corrected chi connectivity index (χ2v) is 3.07. The molecule has 1 rings (SSSR count). The number of ether oxygens (including phenoxy) is 1. The summed E-state index contributed by atoms with van der Waals surface area (Å²) >= 11 is 6.34. The molecule has 0 aliphatic heterocycles. The van der Waals surface area contributed by atoms with E-state index in [-0.39, 0.29) is 0 Å². The molecule has 0 radical (unpaired) electrons. The lowest BCUT2D eigenvalue weighted by Gasteiger charge is -2.01.